The third-order valence-electron chi connectivity index (χ3n) is 2.26. The van der Waals surface area contributed by atoms with E-state index in [0.29, 0.717) is 6.61 Å². The molecule has 0 bridgehead atoms. The summed E-state index contributed by atoms with van der Waals surface area (Å²) in [5.41, 5.74) is 0. The summed E-state index contributed by atoms with van der Waals surface area (Å²) in [6.45, 7) is 10.1. The Morgan fingerprint density at radius 2 is 1.53 bits per heavy atom. The number of hydrogen-bond donors (Lipinski definition) is 3. The van der Waals surface area contributed by atoms with Crippen LogP contribution in [0.4, 0.5) is 0 Å². The fraction of sp³-hybridized carbons (Fsp3) is 0.917. The standard InChI is InChI=1S/C12H27N3O2/c1-3-13-7-8-15-10-9-14-6-4-5-11-17-12(2)16/h13-15H,3-11H2,1-2H3. The molecule has 5 nitrogen and oxygen atoms in total. The smallest absolute Gasteiger partial charge is 0.302 e. The summed E-state index contributed by atoms with van der Waals surface area (Å²) >= 11 is 0. The average Bonchev–Trinajstić information content (AvgIpc) is 2.30. The number of nitrogens with one attached hydrogen (secondary N) is 3. The van der Waals surface area contributed by atoms with Gasteiger partial charge in [0.1, 0.15) is 0 Å². The molecule has 0 unspecified atom stereocenters. The Morgan fingerprint density at radius 3 is 2.12 bits per heavy atom. The fourth-order valence-corrected chi connectivity index (χ4v) is 1.35. The van der Waals surface area contributed by atoms with E-state index in [4.69, 9.17) is 4.74 Å². The Bertz CT molecular complexity index is 177. The first-order valence-electron chi connectivity index (χ1n) is 6.53. The van der Waals surface area contributed by atoms with Gasteiger partial charge in [-0.05, 0) is 25.9 Å². The summed E-state index contributed by atoms with van der Waals surface area (Å²) in [6.07, 6.45) is 1.98. The van der Waals surface area contributed by atoms with Crippen molar-refractivity contribution in [2.75, 3.05) is 45.9 Å². The lowest BCUT2D eigenvalue weighted by Gasteiger charge is -2.07. The number of carbonyl (C=O) groups excluding carboxylic acids is 1. The van der Waals surface area contributed by atoms with Gasteiger partial charge in [-0.1, -0.05) is 6.92 Å². The molecule has 0 atom stereocenters. The minimum Gasteiger partial charge on any atom is -0.466 e. The lowest BCUT2D eigenvalue weighted by Crippen LogP contribution is -2.32. The summed E-state index contributed by atoms with van der Waals surface area (Å²) in [5.74, 6) is -0.192. The van der Waals surface area contributed by atoms with E-state index in [9.17, 15) is 4.79 Å². The zero-order valence-electron chi connectivity index (χ0n) is 11.2. The minimum absolute atomic E-state index is 0.192. The summed E-state index contributed by atoms with van der Waals surface area (Å²) in [6, 6.07) is 0. The highest BCUT2D eigenvalue weighted by Crippen LogP contribution is 1.88. The molecule has 0 rings (SSSR count). The normalized spacial score (nSPS) is 10.5. The molecule has 0 aliphatic rings. The molecule has 0 aliphatic heterocycles. The van der Waals surface area contributed by atoms with E-state index in [1.807, 2.05) is 0 Å². The fourth-order valence-electron chi connectivity index (χ4n) is 1.35. The monoisotopic (exact) mass is 245 g/mol. The maximum absolute atomic E-state index is 10.5. The van der Waals surface area contributed by atoms with Crippen molar-refractivity contribution in [3.05, 3.63) is 0 Å². The predicted octanol–water partition coefficient (Wildman–Crippen LogP) is 0.118. The number of ether oxygens (including phenoxy) is 1. The van der Waals surface area contributed by atoms with Crippen molar-refractivity contribution in [3.63, 3.8) is 0 Å². The Morgan fingerprint density at radius 1 is 0.941 bits per heavy atom. The number of carbonyl (C=O) groups is 1. The molecule has 0 saturated heterocycles. The van der Waals surface area contributed by atoms with Crippen molar-refractivity contribution in [2.45, 2.75) is 26.7 Å². The Balaban J connectivity index is 2.91. The first kappa shape index (κ1) is 16.4. The van der Waals surface area contributed by atoms with Gasteiger partial charge in [0.2, 0.25) is 0 Å². The zero-order valence-corrected chi connectivity index (χ0v) is 11.2. The highest BCUT2D eigenvalue weighted by atomic mass is 16.5. The van der Waals surface area contributed by atoms with Gasteiger partial charge >= 0.3 is 5.97 Å². The van der Waals surface area contributed by atoms with E-state index >= 15 is 0 Å². The van der Waals surface area contributed by atoms with Crippen LogP contribution in [0, 0.1) is 0 Å². The van der Waals surface area contributed by atoms with Crippen LogP contribution in [0.3, 0.4) is 0 Å². The van der Waals surface area contributed by atoms with Crippen LogP contribution in [0.1, 0.15) is 26.7 Å². The van der Waals surface area contributed by atoms with Gasteiger partial charge < -0.3 is 20.7 Å². The third-order valence-corrected chi connectivity index (χ3v) is 2.26. The second-order valence-electron chi connectivity index (χ2n) is 3.90. The van der Waals surface area contributed by atoms with Gasteiger partial charge in [-0.2, -0.15) is 0 Å². The van der Waals surface area contributed by atoms with E-state index in [-0.39, 0.29) is 5.97 Å². The number of likely N-dealkylation sites (N-methyl/N-ethyl adjacent to an activating group) is 1. The highest BCUT2D eigenvalue weighted by Gasteiger charge is 1.93. The number of rotatable bonds is 12. The molecule has 0 aliphatic carbocycles. The van der Waals surface area contributed by atoms with Crippen LogP contribution in [-0.2, 0) is 9.53 Å². The highest BCUT2D eigenvalue weighted by molar-refractivity contribution is 5.65. The van der Waals surface area contributed by atoms with Crippen LogP contribution in [0.25, 0.3) is 0 Å². The lowest BCUT2D eigenvalue weighted by molar-refractivity contribution is -0.141. The summed E-state index contributed by atoms with van der Waals surface area (Å²) in [7, 11) is 0. The minimum atomic E-state index is -0.192. The largest absolute Gasteiger partial charge is 0.466 e. The lowest BCUT2D eigenvalue weighted by atomic mass is 10.3. The van der Waals surface area contributed by atoms with E-state index in [0.717, 1.165) is 52.1 Å². The average molecular weight is 245 g/mol. The summed E-state index contributed by atoms with van der Waals surface area (Å²) in [4.78, 5) is 10.5. The molecule has 0 amide bonds. The van der Waals surface area contributed by atoms with Crippen LogP contribution < -0.4 is 16.0 Å². The molecule has 0 spiro atoms. The van der Waals surface area contributed by atoms with Crippen molar-refractivity contribution >= 4 is 5.97 Å². The number of esters is 1. The number of unbranched alkanes of at least 4 members (excludes halogenated alkanes) is 1. The Hall–Kier alpha value is -0.650. The van der Waals surface area contributed by atoms with Gasteiger partial charge in [0, 0.05) is 33.1 Å². The zero-order chi connectivity index (χ0) is 12.8. The summed E-state index contributed by atoms with van der Waals surface area (Å²) in [5, 5.41) is 9.94. The number of hydrogen-bond acceptors (Lipinski definition) is 5. The molecule has 0 radical (unpaired) electrons. The van der Waals surface area contributed by atoms with Crippen molar-refractivity contribution in [3.8, 4) is 0 Å². The molecular formula is C12H27N3O2. The van der Waals surface area contributed by atoms with Crippen LogP contribution in [-0.4, -0.2) is 51.8 Å². The van der Waals surface area contributed by atoms with Gasteiger partial charge in [-0.3, -0.25) is 4.79 Å². The van der Waals surface area contributed by atoms with Crippen molar-refractivity contribution in [2.24, 2.45) is 0 Å². The molecule has 102 valence electrons. The topological polar surface area (TPSA) is 62.4 Å². The van der Waals surface area contributed by atoms with E-state index in [1.165, 1.54) is 6.92 Å². The van der Waals surface area contributed by atoms with E-state index in [2.05, 4.69) is 22.9 Å². The molecular weight excluding hydrogens is 218 g/mol. The molecule has 0 saturated carbocycles. The molecule has 0 aromatic heterocycles. The van der Waals surface area contributed by atoms with Gasteiger partial charge in [-0.25, -0.2) is 0 Å². The van der Waals surface area contributed by atoms with E-state index in [1.54, 1.807) is 0 Å². The molecule has 0 fully saturated rings. The van der Waals surface area contributed by atoms with Crippen LogP contribution >= 0.6 is 0 Å². The second-order valence-corrected chi connectivity index (χ2v) is 3.90. The predicted molar refractivity (Wildman–Crippen MR) is 70.2 cm³/mol. The molecule has 0 aromatic rings. The maximum atomic E-state index is 10.5. The van der Waals surface area contributed by atoms with Crippen LogP contribution in [0.5, 0.6) is 0 Å². The van der Waals surface area contributed by atoms with E-state index < -0.39 is 0 Å². The van der Waals surface area contributed by atoms with Gasteiger partial charge in [0.15, 0.2) is 0 Å². The molecule has 0 aromatic carbocycles. The molecule has 0 heterocycles. The SMILES string of the molecule is CCNCCNCCNCCCCOC(C)=O. The molecule has 3 N–H and O–H groups in total. The quantitative estimate of drug-likeness (QED) is 0.337. The first-order chi connectivity index (χ1) is 8.27. The van der Waals surface area contributed by atoms with Crippen molar-refractivity contribution in [1.82, 2.24) is 16.0 Å². The van der Waals surface area contributed by atoms with Crippen molar-refractivity contribution in [1.29, 1.82) is 0 Å². The maximum Gasteiger partial charge on any atom is 0.302 e. The third kappa shape index (κ3) is 15.4. The second kappa shape index (κ2) is 13.4. The molecule has 5 heteroatoms. The van der Waals surface area contributed by atoms with Crippen molar-refractivity contribution < 1.29 is 9.53 Å². The van der Waals surface area contributed by atoms with Gasteiger partial charge in [-0.15, -0.1) is 0 Å². The van der Waals surface area contributed by atoms with Crippen LogP contribution in [0.15, 0.2) is 0 Å². The molecule has 17 heavy (non-hydrogen) atoms. The summed E-state index contributed by atoms with van der Waals surface area (Å²) < 4.78 is 4.84. The van der Waals surface area contributed by atoms with Gasteiger partial charge in [0.25, 0.3) is 0 Å². The van der Waals surface area contributed by atoms with Gasteiger partial charge in [0.05, 0.1) is 6.61 Å². The van der Waals surface area contributed by atoms with Crippen LogP contribution in [0.2, 0.25) is 0 Å². The first-order valence-corrected chi connectivity index (χ1v) is 6.53. The Labute approximate surface area is 105 Å². The Kier molecular flexibility index (Phi) is 12.9.